The average molecular weight is 391 g/mol. The van der Waals surface area contributed by atoms with Crippen LogP contribution in [-0.2, 0) is 4.79 Å². The van der Waals surface area contributed by atoms with Crippen molar-refractivity contribution in [3.8, 4) is 22.6 Å². The number of ether oxygens (including phenoxy) is 1. The lowest BCUT2D eigenvalue weighted by Gasteiger charge is -2.36. The summed E-state index contributed by atoms with van der Waals surface area (Å²) in [4.78, 5) is 12.0. The summed E-state index contributed by atoms with van der Waals surface area (Å²) < 4.78 is 6.32. The zero-order valence-corrected chi connectivity index (χ0v) is 16.8. The summed E-state index contributed by atoms with van der Waals surface area (Å²) in [5.74, 6) is 1.25. The first-order valence-corrected chi connectivity index (χ1v) is 9.82. The van der Waals surface area contributed by atoms with Gasteiger partial charge in [0.25, 0.3) is 0 Å². The van der Waals surface area contributed by atoms with Gasteiger partial charge in [0, 0.05) is 12.6 Å². The van der Waals surface area contributed by atoms with Crippen LogP contribution in [0.25, 0.3) is 22.0 Å². The predicted molar refractivity (Wildman–Crippen MR) is 113 cm³/mol. The zero-order valence-electron chi connectivity index (χ0n) is 16.8. The molecule has 0 radical (unpaired) electrons. The van der Waals surface area contributed by atoms with Crippen LogP contribution >= 0.6 is 0 Å². The van der Waals surface area contributed by atoms with Gasteiger partial charge in [-0.2, -0.15) is 5.10 Å². The van der Waals surface area contributed by atoms with Crippen molar-refractivity contribution in [2.45, 2.75) is 32.8 Å². The number of aromatic hydroxyl groups is 1. The number of aryl methyl sites for hydroxylation is 1. The van der Waals surface area contributed by atoms with Crippen molar-refractivity contribution in [1.29, 1.82) is 0 Å². The Morgan fingerprint density at radius 3 is 2.79 bits per heavy atom. The Hall–Kier alpha value is -3.28. The zero-order chi connectivity index (χ0) is 20.5. The lowest BCUT2D eigenvalue weighted by atomic mass is 9.76. The molecule has 0 aliphatic heterocycles. The first-order valence-electron chi connectivity index (χ1n) is 9.82. The molecule has 3 N–H and O–H groups in total. The number of aromatic nitrogens is 2. The molecule has 6 heteroatoms. The number of allylic oxidation sites excluding steroid dienone is 1. The van der Waals surface area contributed by atoms with Crippen LogP contribution in [0.1, 0.15) is 25.3 Å². The van der Waals surface area contributed by atoms with Crippen molar-refractivity contribution in [1.82, 2.24) is 15.5 Å². The molecule has 6 nitrogen and oxygen atoms in total. The van der Waals surface area contributed by atoms with Crippen LogP contribution in [0.3, 0.4) is 0 Å². The van der Waals surface area contributed by atoms with Crippen molar-refractivity contribution in [3.63, 3.8) is 0 Å². The highest BCUT2D eigenvalue weighted by Crippen LogP contribution is 2.40. The largest absolute Gasteiger partial charge is 0.508 e. The van der Waals surface area contributed by atoms with Crippen molar-refractivity contribution >= 4 is 16.8 Å². The first-order chi connectivity index (χ1) is 14.0. The molecule has 1 saturated carbocycles. The molecule has 1 amide bonds. The molecule has 2 aromatic carbocycles. The van der Waals surface area contributed by atoms with E-state index in [0.29, 0.717) is 0 Å². The number of benzene rings is 2. The monoisotopic (exact) mass is 391 g/mol. The van der Waals surface area contributed by atoms with Gasteiger partial charge >= 0.3 is 0 Å². The Morgan fingerprint density at radius 2 is 2.10 bits per heavy atom. The minimum Gasteiger partial charge on any atom is -0.508 e. The Balaban J connectivity index is 1.59. The van der Waals surface area contributed by atoms with Crippen LogP contribution in [0.15, 0.2) is 48.2 Å². The first kappa shape index (κ1) is 19.1. The molecule has 29 heavy (non-hydrogen) atoms. The topological polar surface area (TPSA) is 87.2 Å². The molecule has 150 valence electrons. The Labute approximate surface area is 169 Å². The number of amides is 1. The number of nitrogens with one attached hydrogen (secondary N) is 2. The summed E-state index contributed by atoms with van der Waals surface area (Å²) in [6.45, 7) is 3.87. The maximum atomic E-state index is 12.0. The quantitative estimate of drug-likeness (QED) is 0.572. The van der Waals surface area contributed by atoms with E-state index in [1.807, 2.05) is 38.1 Å². The Morgan fingerprint density at radius 1 is 1.31 bits per heavy atom. The van der Waals surface area contributed by atoms with Gasteiger partial charge < -0.3 is 15.2 Å². The number of fused-ring (bicyclic) bond motifs is 1. The average Bonchev–Trinajstić information content (AvgIpc) is 3.14. The second kappa shape index (κ2) is 7.62. The lowest BCUT2D eigenvalue weighted by Crippen LogP contribution is -2.38. The van der Waals surface area contributed by atoms with E-state index in [2.05, 4.69) is 15.5 Å². The van der Waals surface area contributed by atoms with Gasteiger partial charge in [0.15, 0.2) is 0 Å². The second-order valence-corrected chi connectivity index (χ2v) is 7.54. The van der Waals surface area contributed by atoms with E-state index in [1.165, 1.54) is 0 Å². The van der Waals surface area contributed by atoms with E-state index in [0.717, 1.165) is 51.8 Å². The minimum absolute atomic E-state index is 0.0158. The number of hydrogen-bond donors (Lipinski definition) is 3. The summed E-state index contributed by atoms with van der Waals surface area (Å²) in [5, 5.41) is 20.5. The van der Waals surface area contributed by atoms with Crippen molar-refractivity contribution in [3.05, 3.63) is 53.7 Å². The fourth-order valence-corrected chi connectivity index (χ4v) is 4.04. The van der Waals surface area contributed by atoms with Gasteiger partial charge in [0.05, 0.1) is 23.2 Å². The van der Waals surface area contributed by atoms with Gasteiger partial charge in [-0.15, -0.1) is 0 Å². The SMILES string of the molecule is CC=C(C(=O)NC)C1CC(Oc2cc(-c3ccc(O)cc3C)cc3[nH]ncc23)C1. The third-order valence-electron chi connectivity index (χ3n) is 5.67. The number of rotatable bonds is 5. The maximum Gasteiger partial charge on any atom is 0.246 e. The number of carbonyl (C=O) groups is 1. The molecule has 1 aromatic heterocycles. The fraction of sp³-hybridized carbons (Fsp3) is 0.304. The van der Waals surface area contributed by atoms with Gasteiger partial charge in [-0.3, -0.25) is 9.89 Å². The number of aromatic amines is 1. The standard InChI is InChI=1S/C23H25N3O3/c1-4-18(23(28)24-3)14-8-17(9-14)29-22-11-15(10-21-20(22)12-25-26-21)19-6-5-16(27)7-13(19)2/h4-7,10-12,14,17,27H,8-9H2,1-3H3,(H,24,28)(H,25,26). The number of phenolic OH excluding ortho intramolecular Hbond substituents is 1. The number of hydrogen-bond acceptors (Lipinski definition) is 4. The predicted octanol–water partition coefficient (Wildman–Crippen LogP) is 4.09. The van der Waals surface area contributed by atoms with E-state index in [4.69, 9.17) is 4.74 Å². The van der Waals surface area contributed by atoms with Crippen LogP contribution in [0.5, 0.6) is 11.5 Å². The van der Waals surface area contributed by atoms with Crippen molar-refractivity contribution in [2.75, 3.05) is 7.05 Å². The van der Waals surface area contributed by atoms with E-state index in [9.17, 15) is 9.90 Å². The molecule has 1 heterocycles. The number of nitrogens with zero attached hydrogens (tertiary/aromatic N) is 1. The highest BCUT2D eigenvalue weighted by Gasteiger charge is 2.35. The molecule has 0 atom stereocenters. The normalized spacial score (nSPS) is 19.1. The Kier molecular flexibility index (Phi) is 5.01. The van der Waals surface area contributed by atoms with Crippen molar-refractivity contribution < 1.29 is 14.6 Å². The Bertz CT molecular complexity index is 1090. The highest BCUT2D eigenvalue weighted by molar-refractivity contribution is 5.94. The third kappa shape index (κ3) is 3.58. The molecule has 1 fully saturated rings. The van der Waals surface area contributed by atoms with Gasteiger partial charge in [-0.1, -0.05) is 12.1 Å². The molecule has 0 saturated heterocycles. The van der Waals surface area contributed by atoms with Crippen LogP contribution in [0, 0.1) is 12.8 Å². The molecule has 0 spiro atoms. The summed E-state index contributed by atoms with van der Waals surface area (Å²) >= 11 is 0. The molecular formula is C23H25N3O3. The highest BCUT2D eigenvalue weighted by atomic mass is 16.5. The van der Waals surface area contributed by atoms with Crippen LogP contribution in [0.2, 0.25) is 0 Å². The smallest absolute Gasteiger partial charge is 0.246 e. The van der Waals surface area contributed by atoms with E-state index in [-0.39, 0.29) is 23.7 Å². The maximum absolute atomic E-state index is 12.0. The third-order valence-corrected chi connectivity index (χ3v) is 5.67. The second-order valence-electron chi connectivity index (χ2n) is 7.54. The molecule has 4 rings (SSSR count). The van der Waals surface area contributed by atoms with Gasteiger partial charge in [-0.25, -0.2) is 0 Å². The number of H-pyrrole nitrogens is 1. The summed E-state index contributed by atoms with van der Waals surface area (Å²) in [6, 6.07) is 9.42. The molecular weight excluding hydrogens is 366 g/mol. The molecule has 1 aliphatic rings. The van der Waals surface area contributed by atoms with Gasteiger partial charge in [0.2, 0.25) is 5.91 Å². The van der Waals surface area contributed by atoms with Crippen LogP contribution in [0.4, 0.5) is 0 Å². The van der Waals surface area contributed by atoms with Crippen LogP contribution in [-0.4, -0.2) is 34.4 Å². The molecule has 3 aromatic rings. The number of phenols is 1. The summed E-state index contributed by atoms with van der Waals surface area (Å²) in [5.41, 5.74) is 4.76. The number of likely N-dealkylation sites (N-methyl/N-ethyl adjacent to an activating group) is 1. The van der Waals surface area contributed by atoms with E-state index in [1.54, 1.807) is 25.4 Å². The minimum atomic E-state index is -0.0158. The molecule has 0 unspecified atom stereocenters. The van der Waals surface area contributed by atoms with Gasteiger partial charge in [0.1, 0.15) is 11.5 Å². The van der Waals surface area contributed by atoms with Crippen LogP contribution < -0.4 is 10.1 Å². The summed E-state index contributed by atoms with van der Waals surface area (Å²) in [7, 11) is 1.66. The molecule has 1 aliphatic carbocycles. The van der Waals surface area contributed by atoms with Crippen molar-refractivity contribution in [2.24, 2.45) is 5.92 Å². The molecule has 0 bridgehead atoms. The van der Waals surface area contributed by atoms with E-state index < -0.39 is 0 Å². The number of carbonyl (C=O) groups excluding carboxylic acids is 1. The summed E-state index contributed by atoms with van der Waals surface area (Å²) in [6.07, 6.45) is 5.36. The van der Waals surface area contributed by atoms with Gasteiger partial charge in [-0.05, 0) is 73.6 Å². The van der Waals surface area contributed by atoms with E-state index >= 15 is 0 Å². The fourth-order valence-electron chi connectivity index (χ4n) is 4.04. The lowest BCUT2D eigenvalue weighted by molar-refractivity contribution is -0.118.